The molecule has 4 heteroatoms. The van der Waals surface area contributed by atoms with Crippen LogP contribution in [0.25, 0.3) is 0 Å². The van der Waals surface area contributed by atoms with E-state index in [0.29, 0.717) is 0 Å². The molecule has 1 aliphatic heterocycles. The van der Waals surface area contributed by atoms with Gasteiger partial charge in [-0.05, 0) is 6.42 Å². The molecule has 1 saturated heterocycles. The first-order valence-corrected chi connectivity index (χ1v) is 4.62. The molecule has 0 amide bonds. The minimum Gasteiger partial charge on any atom is -0.392 e. The third-order valence-electron chi connectivity index (χ3n) is 2.53. The lowest BCUT2D eigenvalue weighted by atomic mass is 10.3. The highest BCUT2D eigenvalue weighted by molar-refractivity contribution is 4.92. The van der Waals surface area contributed by atoms with E-state index in [1.165, 1.54) is 0 Å². The van der Waals surface area contributed by atoms with Crippen LogP contribution in [-0.4, -0.2) is 38.8 Å². The summed E-state index contributed by atoms with van der Waals surface area (Å²) in [5, 5.41) is 9.33. The van der Waals surface area contributed by atoms with Crippen LogP contribution in [0.4, 0.5) is 0 Å². The van der Waals surface area contributed by atoms with Crippen LogP contribution < -0.4 is 0 Å². The molecular weight excluding hydrogens is 166 g/mol. The molecule has 0 bridgehead atoms. The van der Waals surface area contributed by atoms with E-state index in [4.69, 9.17) is 0 Å². The standard InChI is InChI=1S/C9H15N3O/c1-11-5-3-10-9(11)7-12-4-2-8(13)6-12/h3,5,8,13H,2,4,6-7H2,1H3. The molecule has 1 aromatic heterocycles. The second kappa shape index (κ2) is 3.47. The average Bonchev–Trinajstić information content (AvgIpc) is 2.64. The predicted octanol–water partition coefficient (Wildman–Crippen LogP) is -0.0133. The Hall–Kier alpha value is -0.870. The quantitative estimate of drug-likeness (QED) is 0.697. The van der Waals surface area contributed by atoms with E-state index in [0.717, 1.165) is 31.9 Å². The smallest absolute Gasteiger partial charge is 0.122 e. The van der Waals surface area contributed by atoms with Gasteiger partial charge in [0.15, 0.2) is 0 Å². The van der Waals surface area contributed by atoms with Gasteiger partial charge >= 0.3 is 0 Å². The molecule has 4 nitrogen and oxygen atoms in total. The summed E-state index contributed by atoms with van der Waals surface area (Å²) >= 11 is 0. The number of hydrogen-bond acceptors (Lipinski definition) is 3. The molecule has 0 spiro atoms. The number of hydrogen-bond donors (Lipinski definition) is 1. The van der Waals surface area contributed by atoms with Crippen LogP contribution in [0.3, 0.4) is 0 Å². The van der Waals surface area contributed by atoms with Gasteiger partial charge in [0, 0.05) is 32.5 Å². The van der Waals surface area contributed by atoms with Crippen molar-refractivity contribution in [3.63, 3.8) is 0 Å². The van der Waals surface area contributed by atoms with Crippen molar-refractivity contribution in [3.05, 3.63) is 18.2 Å². The molecule has 0 radical (unpaired) electrons. The highest BCUT2D eigenvalue weighted by Crippen LogP contribution is 2.11. The minimum absolute atomic E-state index is 0.139. The Bertz CT molecular complexity index is 284. The monoisotopic (exact) mass is 181 g/mol. The SMILES string of the molecule is Cn1ccnc1CN1CCC(O)C1. The third kappa shape index (κ3) is 1.89. The molecule has 1 fully saturated rings. The van der Waals surface area contributed by atoms with Gasteiger partial charge in [0.25, 0.3) is 0 Å². The number of aliphatic hydroxyl groups is 1. The van der Waals surface area contributed by atoms with Crippen molar-refractivity contribution in [1.82, 2.24) is 14.5 Å². The largest absolute Gasteiger partial charge is 0.392 e. The van der Waals surface area contributed by atoms with E-state index in [-0.39, 0.29) is 6.10 Å². The van der Waals surface area contributed by atoms with E-state index in [2.05, 4.69) is 9.88 Å². The van der Waals surface area contributed by atoms with Crippen LogP contribution in [0.5, 0.6) is 0 Å². The van der Waals surface area contributed by atoms with Crippen molar-refractivity contribution < 1.29 is 5.11 Å². The zero-order chi connectivity index (χ0) is 9.26. The summed E-state index contributed by atoms with van der Waals surface area (Å²) in [5.74, 6) is 1.06. The highest BCUT2D eigenvalue weighted by Gasteiger charge is 2.20. The van der Waals surface area contributed by atoms with Crippen LogP contribution in [-0.2, 0) is 13.6 Å². The van der Waals surface area contributed by atoms with Gasteiger partial charge in [-0.1, -0.05) is 0 Å². The number of aromatic nitrogens is 2. The highest BCUT2D eigenvalue weighted by atomic mass is 16.3. The zero-order valence-corrected chi connectivity index (χ0v) is 7.85. The van der Waals surface area contributed by atoms with E-state index in [1.807, 2.05) is 24.0 Å². The molecule has 1 unspecified atom stereocenters. The van der Waals surface area contributed by atoms with Crippen molar-refractivity contribution in [2.45, 2.75) is 19.1 Å². The second-order valence-corrected chi connectivity index (χ2v) is 3.63. The van der Waals surface area contributed by atoms with E-state index in [9.17, 15) is 5.11 Å². The fourth-order valence-electron chi connectivity index (χ4n) is 1.70. The Labute approximate surface area is 77.8 Å². The number of β-amino-alcohol motifs (C(OH)–C–C–N with tert-alkyl or cyclic N) is 1. The molecule has 1 atom stereocenters. The third-order valence-corrected chi connectivity index (χ3v) is 2.53. The van der Waals surface area contributed by atoms with E-state index in [1.54, 1.807) is 0 Å². The Morgan fingerprint density at radius 3 is 3.08 bits per heavy atom. The summed E-state index contributed by atoms with van der Waals surface area (Å²) in [5.41, 5.74) is 0. The first kappa shape index (κ1) is 8.72. The molecular formula is C9H15N3O. The summed E-state index contributed by atoms with van der Waals surface area (Å²) in [6.07, 6.45) is 4.51. The van der Waals surface area contributed by atoms with E-state index >= 15 is 0 Å². The zero-order valence-electron chi connectivity index (χ0n) is 7.85. The summed E-state index contributed by atoms with van der Waals surface area (Å²) in [6, 6.07) is 0. The molecule has 1 aromatic rings. The predicted molar refractivity (Wildman–Crippen MR) is 49.1 cm³/mol. The molecule has 2 heterocycles. The molecule has 0 aliphatic carbocycles. The maximum absolute atomic E-state index is 9.33. The molecule has 0 saturated carbocycles. The van der Waals surface area contributed by atoms with Crippen molar-refractivity contribution >= 4 is 0 Å². The molecule has 1 N–H and O–H groups in total. The number of nitrogens with zero attached hydrogens (tertiary/aromatic N) is 3. The first-order valence-electron chi connectivity index (χ1n) is 4.62. The van der Waals surface area contributed by atoms with Gasteiger partial charge in [0.1, 0.15) is 5.82 Å². The number of rotatable bonds is 2. The Balaban J connectivity index is 1.95. The lowest BCUT2D eigenvalue weighted by Gasteiger charge is -2.13. The summed E-state index contributed by atoms with van der Waals surface area (Å²) in [4.78, 5) is 6.47. The van der Waals surface area contributed by atoms with Crippen LogP contribution in [0.2, 0.25) is 0 Å². The maximum Gasteiger partial charge on any atom is 0.122 e. The van der Waals surface area contributed by atoms with Gasteiger partial charge in [-0.3, -0.25) is 4.90 Å². The summed E-state index contributed by atoms with van der Waals surface area (Å²) in [7, 11) is 1.99. The topological polar surface area (TPSA) is 41.3 Å². The molecule has 13 heavy (non-hydrogen) atoms. The average molecular weight is 181 g/mol. The Morgan fingerprint density at radius 2 is 2.54 bits per heavy atom. The van der Waals surface area contributed by atoms with Crippen molar-refractivity contribution in [1.29, 1.82) is 0 Å². The fourth-order valence-corrected chi connectivity index (χ4v) is 1.70. The maximum atomic E-state index is 9.33. The summed E-state index contributed by atoms with van der Waals surface area (Å²) in [6.45, 7) is 2.61. The minimum atomic E-state index is -0.139. The van der Waals surface area contributed by atoms with Gasteiger partial charge in [0.05, 0.1) is 12.6 Å². The first-order chi connectivity index (χ1) is 6.25. The van der Waals surface area contributed by atoms with E-state index < -0.39 is 0 Å². The second-order valence-electron chi connectivity index (χ2n) is 3.63. The Morgan fingerprint density at radius 1 is 1.69 bits per heavy atom. The number of imidazole rings is 1. The molecule has 72 valence electrons. The van der Waals surface area contributed by atoms with Gasteiger partial charge in [-0.15, -0.1) is 0 Å². The van der Waals surface area contributed by atoms with Gasteiger partial charge in [-0.2, -0.15) is 0 Å². The van der Waals surface area contributed by atoms with Crippen molar-refractivity contribution in [3.8, 4) is 0 Å². The molecule has 0 aromatic carbocycles. The van der Waals surface area contributed by atoms with Gasteiger partial charge in [-0.25, -0.2) is 4.98 Å². The van der Waals surface area contributed by atoms with Crippen molar-refractivity contribution in [2.75, 3.05) is 13.1 Å². The molecule has 1 aliphatic rings. The van der Waals surface area contributed by atoms with Gasteiger partial charge in [0.2, 0.25) is 0 Å². The number of aliphatic hydroxyl groups excluding tert-OH is 1. The number of aryl methyl sites for hydroxylation is 1. The number of likely N-dealkylation sites (tertiary alicyclic amines) is 1. The molecule has 2 rings (SSSR count). The lowest BCUT2D eigenvalue weighted by molar-refractivity contribution is 0.173. The Kier molecular flexibility index (Phi) is 2.33. The lowest BCUT2D eigenvalue weighted by Crippen LogP contribution is -2.23. The van der Waals surface area contributed by atoms with Crippen LogP contribution in [0, 0.1) is 0 Å². The van der Waals surface area contributed by atoms with Crippen LogP contribution >= 0.6 is 0 Å². The van der Waals surface area contributed by atoms with Crippen LogP contribution in [0.1, 0.15) is 12.2 Å². The van der Waals surface area contributed by atoms with Crippen LogP contribution in [0.15, 0.2) is 12.4 Å². The van der Waals surface area contributed by atoms with Gasteiger partial charge < -0.3 is 9.67 Å². The normalized spacial score (nSPS) is 24.0. The fraction of sp³-hybridized carbons (Fsp3) is 0.667. The van der Waals surface area contributed by atoms with Crippen molar-refractivity contribution in [2.24, 2.45) is 7.05 Å². The summed E-state index contributed by atoms with van der Waals surface area (Å²) < 4.78 is 2.02.